The molecule has 0 unspecified atom stereocenters. The van der Waals surface area contributed by atoms with E-state index in [1.807, 2.05) is 0 Å². The Hall–Kier alpha value is -0.650. The number of hydrogen-bond donors (Lipinski definition) is 1. The van der Waals surface area contributed by atoms with E-state index in [1.54, 1.807) is 0 Å². The average molecular weight is 252 g/mol. The number of aromatic nitrogens is 3. The minimum atomic E-state index is 0.0142. The van der Waals surface area contributed by atoms with Crippen molar-refractivity contribution in [1.29, 1.82) is 0 Å². The van der Waals surface area contributed by atoms with Gasteiger partial charge in [-0.15, -0.1) is 0 Å². The summed E-state index contributed by atoms with van der Waals surface area (Å²) in [5.74, 6) is 0. The number of rotatable bonds is 6. The van der Waals surface area contributed by atoms with Gasteiger partial charge in [0, 0.05) is 6.61 Å². The van der Waals surface area contributed by atoms with E-state index in [0.717, 1.165) is 19.3 Å². The summed E-state index contributed by atoms with van der Waals surface area (Å²) in [6, 6.07) is 0.129. The topological polar surface area (TPSA) is 68.1 Å². The molecule has 0 aliphatic rings. The third-order valence-corrected chi connectivity index (χ3v) is 1.93. The van der Waals surface area contributed by atoms with Gasteiger partial charge < -0.3 is 9.84 Å². The van der Waals surface area contributed by atoms with Crippen molar-refractivity contribution >= 4 is 23.2 Å². The van der Waals surface area contributed by atoms with E-state index < -0.39 is 0 Å². The van der Waals surface area contributed by atoms with Crippen LogP contribution in [0.1, 0.15) is 19.3 Å². The van der Waals surface area contributed by atoms with Gasteiger partial charge in [0.25, 0.3) is 0 Å². The first kappa shape index (κ1) is 12.4. The fourth-order valence-corrected chi connectivity index (χ4v) is 1.28. The molecule has 0 atom stereocenters. The zero-order chi connectivity index (χ0) is 11.1. The molecule has 15 heavy (non-hydrogen) atoms. The van der Waals surface area contributed by atoms with Crippen molar-refractivity contribution in [1.82, 2.24) is 15.0 Å². The zero-order valence-corrected chi connectivity index (χ0v) is 9.50. The van der Waals surface area contributed by atoms with Gasteiger partial charge in [-0.3, -0.25) is 0 Å². The van der Waals surface area contributed by atoms with Gasteiger partial charge in [0.05, 0.1) is 6.61 Å². The smallest absolute Gasteiger partial charge is 0.322 e. The summed E-state index contributed by atoms with van der Waals surface area (Å²) in [5, 5.41) is 8.58. The van der Waals surface area contributed by atoms with Crippen molar-refractivity contribution in [3.63, 3.8) is 0 Å². The summed E-state index contributed by atoms with van der Waals surface area (Å²) >= 11 is 11.1. The van der Waals surface area contributed by atoms with Crippen molar-refractivity contribution in [2.24, 2.45) is 0 Å². The molecule has 0 saturated heterocycles. The van der Waals surface area contributed by atoms with Crippen LogP contribution in [0.2, 0.25) is 10.6 Å². The predicted octanol–water partition coefficient (Wildman–Crippen LogP) is 1.72. The average Bonchev–Trinajstić information content (AvgIpc) is 2.16. The van der Waals surface area contributed by atoms with Crippen LogP contribution in [-0.4, -0.2) is 33.3 Å². The third-order valence-electron chi connectivity index (χ3n) is 1.59. The van der Waals surface area contributed by atoms with Crippen molar-refractivity contribution in [2.45, 2.75) is 19.3 Å². The molecule has 1 heterocycles. The minimum absolute atomic E-state index is 0.0142. The number of ether oxygens (including phenoxy) is 1. The Morgan fingerprint density at radius 1 is 1.00 bits per heavy atom. The highest BCUT2D eigenvalue weighted by Crippen LogP contribution is 2.11. The lowest BCUT2D eigenvalue weighted by Crippen LogP contribution is -2.02. The Kier molecular flexibility index (Phi) is 5.60. The lowest BCUT2D eigenvalue weighted by molar-refractivity contribution is 0.257. The summed E-state index contributed by atoms with van der Waals surface area (Å²) in [7, 11) is 0. The van der Waals surface area contributed by atoms with Gasteiger partial charge in [-0.25, -0.2) is 0 Å². The maximum Gasteiger partial charge on any atom is 0.322 e. The van der Waals surface area contributed by atoms with Crippen LogP contribution in [0.15, 0.2) is 0 Å². The standard InChI is InChI=1S/C8H11Cl2N3O2/c9-6-11-7(10)13-8(12-6)15-5-3-1-2-4-14/h14H,1-5H2. The highest BCUT2D eigenvalue weighted by molar-refractivity contribution is 6.31. The first-order chi connectivity index (χ1) is 7.22. The molecular weight excluding hydrogens is 241 g/mol. The highest BCUT2D eigenvalue weighted by atomic mass is 35.5. The lowest BCUT2D eigenvalue weighted by Gasteiger charge is -2.03. The highest BCUT2D eigenvalue weighted by Gasteiger charge is 2.03. The molecule has 0 spiro atoms. The van der Waals surface area contributed by atoms with Crippen molar-refractivity contribution in [2.75, 3.05) is 13.2 Å². The molecule has 0 fully saturated rings. The van der Waals surface area contributed by atoms with Crippen LogP contribution in [0.3, 0.4) is 0 Å². The van der Waals surface area contributed by atoms with Gasteiger partial charge in [-0.05, 0) is 42.5 Å². The predicted molar refractivity (Wildman–Crippen MR) is 56.3 cm³/mol. The Labute approximate surface area is 97.4 Å². The lowest BCUT2D eigenvalue weighted by atomic mass is 10.2. The van der Waals surface area contributed by atoms with Crippen LogP contribution in [0.4, 0.5) is 0 Å². The molecular formula is C8H11Cl2N3O2. The van der Waals surface area contributed by atoms with Gasteiger partial charge in [0.1, 0.15) is 0 Å². The van der Waals surface area contributed by atoms with Crippen molar-refractivity contribution in [3.8, 4) is 6.01 Å². The normalized spacial score (nSPS) is 10.3. The fourth-order valence-electron chi connectivity index (χ4n) is 0.928. The third kappa shape index (κ3) is 5.11. The molecule has 0 aromatic carbocycles. The first-order valence-corrected chi connectivity index (χ1v) is 5.28. The van der Waals surface area contributed by atoms with Gasteiger partial charge >= 0.3 is 6.01 Å². The number of hydrogen-bond acceptors (Lipinski definition) is 5. The minimum Gasteiger partial charge on any atom is -0.463 e. The van der Waals surface area contributed by atoms with Gasteiger partial charge in [-0.1, -0.05) is 0 Å². The Morgan fingerprint density at radius 2 is 1.67 bits per heavy atom. The number of aliphatic hydroxyl groups excluding tert-OH is 1. The summed E-state index contributed by atoms with van der Waals surface area (Å²) < 4.78 is 5.20. The molecule has 1 rings (SSSR count). The molecule has 1 aromatic rings. The quantitative estimate of drug-likeness (QED) is 0.780. The zero-order valence-electron chi connectivity index (χ0n) is 7.99. The van der Waals surface area contributed by atoms with Crippen LogP contribution in [0, 0.1) is 0 Å². The van der Waals surface area contributed by atoms with E-state index in [0.29, 0.717) is 6.61 Å². The first-order valence-electron chi connectivity index (χ1n) is 4.53. The summed E-state index contributed by atoms with van der Waals surface area (Å²) in [6.07, 6.45) is 2.48. The summed E-state index contributed by atoms with van der Waals surface area (Å²) in [5.41, 5.74) is 0. The maximum atomic E-state index is 8.55. The van der Waals surface area contributed by atoms with Gasteiger partial charge in [0.2, 0.25) is 10.6 Å². The van der Waals surface area contributed by atoms with Crippen molar-refractivity contribution in [3.05, 3.63) is 10.6 Å². The Bertz CT molecular complexity index is 292. The molecule has 0 amide bonds. The molecule has 7 heteroatoms. The maximum absolute atomic E-state index is 8.55. The Balaban J connectivity index is 2.31. The van der Waals surface area contributed by atoms with E-state index in [-0.39, 0.29) is 23.2 Å². The van der Waals surface area contributed by atoms with Gasteiger partial charge in [-0.2, -0.15) is 15.0 Å². The largest absolute Gasteiger partial charge is 0.463 e. The summed E-state index contributed by atoms with van der Waals surface area (Å²) in [6.45, 7) is 0.667. The number of nitrogens with zero attached hydrogens (tertiary/aromatic N) is 3. The molecule has 0 aliphatic carbocycles. The molecule has 0 radical (unpaired) electrons. The second-order valence-corrected chi connectivity index (χ2v) is 3.46. The molecule has 0 saturated carbocycles. The Morgan fingerprint density at radius 3 is 2.27 bits per heavy atom. The number of aliphatic hydroxyl groups is 1. The second-order valence-electron chi connectivity index (χ2n) is 2.79. The monoisotopic (exact) mass is 251 g/mol. The summed E-state index contributed by atoms with van der Waals surface area (Å²) in [4.78, 5) is 11.1. The SMILES string of the molecule is OCCCCCOc1nc(Cl)nc(Cl)n1. The second kappa shape index (κ2) is 6.76. The van der Waals surface area contributed by atoms with Crippen LogP contribution in [0.25, 0.3) is 0 Å². The van der Waals surface area contributed by atoms with E-state index in [9.17, 15) is 0 Å². The molecule has 1 N–H and O–H groups in total. The van der Waals surface area contributed by atoms with Crippen LogP contribution < -0.4 is 4.74 Å². The van der Waals surface area contributed by atoms with E-state index in [1.165, 1.54) is 0 Å². The van der Waals surface area contributed by atoms with Crippen LogP contribution >= 0.6 is 23.2 Å². The molecule has 0 bridgehead atoms. The number of halogens is 2. The van der Waals surface area contributed by atoms with E-state index >= 15 is 0 Å². The van der Waals surface area contributed by atoms with Crippen LogP contribution in [-0.2, 0) is 0 Å². The molecule has 84 valence electrons. The number of unbranched alkanes of at least 4 members (excludes halogenated alkanes) is 2. The van der Waals surface area contributed by atoms with E-state index in [2.05, 4.69) is 15.0 Å². The van der Waals surface area contributed by atoms with E-state index in [4.69, 9.17) is 33.0 Å². The molecule has 1 aromatic heterocycles. The molecule has 5 nitrogen and oxygen atoms in total. The molecule has 0 aliphatic heterocycles. The van der Waals surface area contributed by atoms with Gasteiger partial charge in [0.15, 0.2) is 0 Å². The van der Waals surface area contributed by atoms with Crippen LogP contribution in [0.5, 0.6) is 6.01 Å². The van der Waals surface area contributed by atoms with Crippen molar-refractivity contribution < 1.29 is 9.84 Å². The fraction of sp³-hybridized carbons (Fsp3) is 0.625.